The highest BCUT2D eigenvalue weighted by molar-refractivity contribution is 5.78. The molecular formula is C27H20F7NO. The zero-order chi connectivity index (χ0) is 26.5. The fourth-order valence-electron chi connectivity index (χ4n) is 3.24. The molecule has 0 saturated heterocycles. The van der Waals surface area contributed by atoms with Crippen LogP contribution in [-0.4, -0.2) is 13.2 Å². The summed E-state index contributed by atoms with van der Waals surface area (Å²) in [5, 5.41) is 3.00. The van der Waals surface area contributed by atoms with Crippen molar-refractivity contribution in [1.82, 2.24) is 0 Å². The predicted octanol–water partition coefficient (Wildman–Crippen LogP) is 8.59. The van der Waals surface area contributed by atoms with E-state index < -0.39 is 41.0 Å². The van der Waals surface area contributed by atoms with Crippen LogP contribution in [0.15, 0.2) is 90.5 Å². The molecule has 3 rings (SSSR count). The molecule has 1 N–H and O–H groups in total. The van der Waals surface area contributed by atoms with Gasteiger partial charge < -0.3 is 10.1 Å². The molecule has 0 radical (unpaired) electrons. The first kappa shape index (κ1) is 26.6. The Morgan fingerprint density at radius 1 is 0.833 bits per heavy atom. The predicted molar refractivity (Wildman–Crippen MR) is 125 cm³/mol. The number of ether oxygens (including phenoxy) is 1. The van der Waals surface area contributed by atoms with Crippen LogP contribution in [0.4, 0.5) is 36.4 Å². The summed E-state index contributed by atoms with van der Waals surface area (Å²) in [7, 11) is 1.79. The van der Waals surface area contributed by atoms with Gasteiger partial charge in [-0.05, 0) is 53.5 Å². The third kappa shape index (κ3) is 7.00. The number of rotatable bonds is 8. The quantitative estimate of drug-likeness (QED) is 0.187. The summed E-state index contributed by atoms with van der Waals surface area (Å²) in [6.07, 6.45) is -3.01. The maximum atomic E-state index is 14.5. The van der Waals surface area contributed by atoms with Crippen molar-refractivity contribution in [2.45, 2.75) is 13.0 Å². The van der Waals surface area contributed by atoms with Gasteiger partial charge in [0.15, 0.2) is 17.5 Å². The van der Waals surface area contributed by atoms with Gasteiger partial charge in [-0.15, -0.1) is 0 Å². The number of halogens is 7. The fraction of sp³-hybridized carbons (Fsp3) is 0.111. The molecule has 0 heterocycles. The van der Waals surface area contributed by atoms with Gasteiger partial charge in [-0.3, -0.25) is 0 Å². The smallest absolute Gasteiger partial charge is 0.422 e. The first-order chi connectivity index (χ1) is 17.0. The molecule has 188 valence electrons. The standard InChI is InChI=1S/C27H20F7NO/c1-16(28)11-20(19-5-3-17(4-6-19)18-7-9-22(35-2)10-8-18)12-21(29)15-27(33,34)36-23-13-24(30)26(32)25(31)14-23/h3-15,35H,1-2H3/b16-11+,20-12+,21-15-. The van der Waals surface area contributed by atoms with Crippen molar-refractivity contribution >= 4 is 11.3 Å². The van der Waals surface area contributed by atoms with E-state index in [0.717, 1.165) is 29.8 Å². The Hall–Kier alpha value is -4.01. The molecule has 3 aromatic carbocycles. The molecule has 0 atom stereocenters. The Kier molecular flexibility index (Phi) is 8.24. The summed E-state index contributed by atoms with van der Waals surface area (Å²) >= 11 is 0. The second-order valence-electron chi connectivity index (χ2n) is 7.63. The van der Waals surface area contributed by atoms with Gasteiger partial charge in [0.25, 0.3) is 0 Å². The lowest BCUT2D eigenvalue weighted by Gasteiger charge is -2.15. The van der Waals surface area contributed by atoms with E-state index in [1.54, 1.807) is 31.3 Å². The lowest BCUT2D eigenvalue weighted by atomic mass is 9.99. The third-order valence-corrected chi connectivity index (χ3v) is 4.89. The molecule has 0 fully saturated rings. The van der Waals surface area contributed by atoms with Crippen LogP contribution in [0, 0.1) is 17.5 Å². The summed E-state index contributed by atoms with van der Waals surface area (Å²) in [5.74, 6) is -8.64. The average Bonchev–Trinajstić information content (AvgIpc) is 2.81. The van der Waals surface area contributed by atoms with E-state index in [9.17, 15) is 30.7 Å². The molecule has 0 aliphatic rings. The zero-order valence-electron chi connectivity index (χ0n) is 19.1. The normalized spacial score (nSPS) is 13.1. The second kappa shape index (κ2) is 11.2. The van der Waals surface area contributed by atoms with Gasteiger partial charge in [0.1, 0.15) is 11.6 Å². The van der Waals surface area contributed by atoms with Crippen molar-refractivity contribution in [3.63, 3.8) is 0 Å². The number of allylic oxidation sites excluding steroid dienone is 5. The van der Waals surface area contributed by atoms with E-state index >= 15 is 0 Å². The van der Waals surface area contributed by atoms with Gasteiger partial charge in [-0.25, -0.2) is 22.0 Å². The SMILES string of the molecule is CNc1ccc(-c2ccc(C(/C=C(\C)F)=C/C(F)=C/C(F)(F)Oc3cc(F)c(F)c(F)c3)cc2)cc1. The number of benzene rings is 3. The van der Waals surface area contributed by atoms with Crippen LogP contribution in [-0.2, 0) is 0 Å². The third-order valence-electron chi connectivity index (χ3n) is 4.89. The van der Waals surface area contributed by atoms with Crippen LogP contribution in [0.1, 0.15) is 12.5 Å². The lowest BCUT2D eigenvalue weighted by molar-refractivity contribution is -0.132. The highest BCUT2D eigenvalue weighted by Gasteiger charge is 2.30. The van der Waals surface area contributed by atoms with E-state index in [-0.39, 0.29) is 23.8 Å². The van der Waals surface area contributed by atoms with Crippen molar-refractivity contribution in [2.75, 3.05) is 12.4 Å². The van der Waals surface area contributed by atoms with Gasteiger partial charge in [0.05, 0.1) is 11.9 Å². The van der Waals surface area contributed by atoms with Crippen LogP contribution in [0.5, 0.6) is 5.75 Å². The summed E-state index contributed by atoms with van der Waals surface area (Å²) in [6.45, 7) is 1.10. The molecule has 0 aliphatic heterocycles. The van der Waals surface area contributed by atoms with E-state index in [1.807, 2.05) is 24.3 Å². The molecule has 0 saturated carbocycles. The largest absolute Gasteiger partial charge is 0.429 e. The summed E-state index contributed by atoms with van der Waals surface area (Å²) in [4.78, 5) is 0. The number of anilines is 1. The van der Waals surface area contributed by atoms with Crippen LogP contribution >= 0.6 is 0 Å². The van der Waals surface area contributed by atoms with Gasteiger partial charge in [0, 0.05) is 24.9 Å². The van der Waals surface area contributed by atoms with Gasteiger partial charge in [-0.1, -0.05) is 36.4 Å². The Morgan fingerprint density at radius 2 is 1.36 bits per heavy atom. The Labute approximate surface area is 203 Å². The lowest BCUT2D eigenvalue weighted by Crippen LogP contribution is -2.22. The van der Waals surface area contributed by atoms with Crippen molar-refractivity contribution < 1.29 is 35.5 Å². The number of nitrogens with one attached hydrogen (secondary N) is 1. The first-order valence-electron chi connectivity index (χ1n) is 10.5. The minimum absolute atomic E-state index is 0.0597. The molecule has 3 aromatic rings. The van der Waals surface area contributed by atoms with Crippen molar-refractivity contribution in [2.24, 2.45) is 0 Å². The minimum Gasteiger partial charge on any atom is -0.429 e. The van der Waals surface area contributed by atoms with Crippen molar-refractivity contribution in [3.8, 4) is 16.9 Å². The second-order valence-corrected chi connectivity index (χ2v) is 7.63. The molecule has 0 spiro atoms. The van der Waals surface area contributed by atoms with E-state index in [0.29, 0.717) is 11.6 Å². The first-order valence-corrected chi connectivity index (χ1v) is 10.5. The molecule has 9 heteroatoms. The van der Waals surface area contributed by atoms with Crippen molar-refractivity contribution in [1.29, 1.82) is 0 Å². The average molecular weight is 507 g/mol. The molecule has 0 amide bonds. The minimum atomic E-state index is -4.36. The maximum absolute atomic E-state index is 14.5. The van der Waals surface area contributed by atoms with Gasteiger partial charge in [-0.2, -0.15) is 8.78 Å². The topological polar surface area (TPSA) is 21.3 Å². The maximum Gasteiger partial charge on any atom is 0.422 e. The van der Waals surface area contributed by atoms with E-state index in [1.165, 1.54) is 0 Å². The number of hydrogen-bond acceptors (Lipinski definition) is 2. The fourth-order valence-corrected chi connectivity index (χ4v) is 3.24. The molecule has 0 unspecified atom stereocenters. The van der Waals surface area contributed by atoms with Gasteiger partial charge in [0.2, 0.25) is 0 Å². The zero-order valence-corrected chi connectivity index (χ0v) is 19.1. The monoisotopic (exact) mass is 507 g/mol. The van der Waals surface area contributed by atoms with E-state index in [2.05, 4.69) is 10.1 Å². The number of hydrogen-bond donors (Lipinski definition) is 1. The highest BCUT2D eigenvalue weighted by Crippen LogP contribution is 2.30. The van der Waals surface area contributed by atoms with Crippen LogP contribution < -0.4 is 10.1 Å². The van der Waals surface area contributed by atoms with Crippen LogP contribution in [0.2, 0.25) is 0 Å². The molecule has 0 aromatic heterocycles. The summed E-state index contributed by atoms with van der Waals surface area (Å²) < 4.78 is 100. The molecule has 36 heavy (non-hydrogen) atoms. The number of alkyl halides is 2. The highest BCUT2D eigenvalue weighted by atomic mass is 19.3. The molecule has 2 nitrogen and oxygen atoms in total. The van der Waals surface area contributed by atoms with Gasteiger partial charge >= 0.3 is 6.11 Å². The van der Waals surface area contributed by atoms with E-state index in [4.69, 9.17) is 0 Å². The molecule has 0 aliphatic carbocycles. The summed E-state index contributed by atoms with van der Waals surface area (Å²) in [6, 6.07) is 14.5. The summed E-state index contributed by atoms with van der Waals surface area (Å²) in [5.41, 5.74) is 2.90. The Bertz CT molecular complexity index is 1280. The Balaban J connectivity index is 1.87. The molecular weight excluding hydrogens is 487 g/mol. The van der Waals surface area contributed by atoms with Crippen molar-refractivity contribution in [3.05, 3.63) is 114 Å². The molecule has 0 bridgehead atoms. The Morgan fingerprint density at radius 3 is 1.86 bits per heavy atom. The van der Waals surface area contributed by atoms with Crippen LogP contribution in [0.3, 0.4) is 0 Å². The van der Waals surface area contributed by atoms with Crippen LogP contribution in [0.25, 0.3) is 16.7 Å².